The van der Waals surface area contributed by atoms with Gasteiger partial charge < -0.3 is 14.8 Å². The molecule has 1 aliphatic carbocycles. The molecule has 0 radical (unpaired) electrons. The number of anilines is 1. The van der Waals surface area contributed by atoms with Gasteiger partial charge in [0.1, 0.15) is 5.54 Å². The quantitative estimate of drug-likeness (QED) is 0.0992. The Bertz CT molecular complexity index is 2080. The van der Waals surface area contributed by atoms with E-state index in [2.05, 4.69) is 5.32 Å². The van der Waals surface area contributed by atoms with Crippen LogP contribution in [-0.2, 0) is 56.4 Å². The molecule has 1 aliphatic rings. The monoisotopic (exact) mass is 758 g/mol. The van der Waals surface area contributed by atoms with Gasteiger partial charge in [-0.2, -0.15) is 4.31 Å². The number of hydrogen-bond acceptors (Lipinski definition) is 9. The van der Waals surface area contributed by atoms with Crippen molar-refractivity contribution in [1.29, 1.82) is 0 Å². The van der Waals surface area contributed by atoms with Crippen LogP contribution in [0.1, 0.15) is 98.1 Å². The molecule has 0 aliphatic heterocycles. The first-order valence-electron chi connectivity index (χ1n) is 17.8. The zero-order chi connectivity index (χ0) is 38.3. The van der Waals surface area contributed by atoms with E-state index >= 15 is 0 Å². The van der Waals surface area contributed by atoms with Gasteiger partial charge in [0.15, 0.2) is 5.78 Å². The first-order chi connectivity index (χ1) is 25.3. The molecule has 1 heterocycles. The van der Waals surface area contributed by atoms with Gasteiger partial charge in [0.2, 0.25) is 10.0 Å². The number of fused-ring (bicyclic) bond motifs is 1. The molecule has 5 rings (SSSR count). The van der Waals surface area contributed by atoms with Gasteiger partial charge in [0.25, 0.3) is 5.91 Å². The number of methoxy groups -OCH3 is 1. The SMILES string of the molecule is CCOC(=O)C(C)(C)N(CC)S(=O)(=O)c1cccc(C(=O)Cc2sc3c(c2C(=O)Nc2ccc(CCc4ccc(C(=O)OC)cc4)cc2)CCCC3)c1. The van der Waals surface area contributed by atoms with Gasteiger partial charge >= 0.3 is 11.9 Å². The molecule has 1 aromatic heterocycles. The lowest BCUT2D eigenvalue weighted by molar-refractivity contribution is -0.152. The van der Waals surface area contributed by atoms with Crippen molar-refractivity contribution in [3.63, 3.8) is 0 Å². The Morgan fingerprint density at radius 3 is 2.13 bits per heavy atom. The smallest absolute Gasteiger partial charge is 0.337 e. The second-order valence-corrected chi connectivity index (χ2v) is 16.5. The maximum absolute atomic E-state index is 13.9. The van der Waals surface area contributed by atoms with Crippen molar-refractivity contribution in [3.05, 3.63) is 116 Å². The lowest BCUT2D eigenvalue weighted by Gasteiger charge is -2.34. The lowest BCUT2D eigenvalue weighted by atomic mass is 9.93. The highest BCUT2D eigenvalue weighted by atomic mass is 32.2. The highest BCUT2D eigenvalue weighted by Crippen LogP contribution is 2.36. The molecule has 12 heteroatoms. The topological polar surface area (TPSA) is 136 Å². The van der Waals surface area contributed by atoms with Crippen LogP contribution in [0.15, 0.2) is 77.7 Å². The summed E-state index contributed by atoms with van der Waals surface area (Å²) in [7, 11) is -2.83. The second-order valence-electron chi connectivity index (χ2n) is 13.4. The fourth-order valence-electron chi connectivity index (χ4n) is 6.65. The van der Waals surface area contributed by atoms with Gasteiger partial charge in [-0.05, 0) is 112 Å². The minimum absolute atomic E-state index is 0.0163. The number of Topliss-reactive ketones (excluding diaryl/α,β-unsaturated/α-hetero) is 1. The molecule has 0 bridgehead atoms. The number of hydrogen-bond donors (Lipinski definition) is 1. The number of esters is 2. The minimum atomic E-state index is -4.18. The molecule has 280 valence electrons. The van der Waals surface area contributed by atoms with Gasteiger partial charge in [-0.15, -0.1) is 11.3 Å². The molecular formula is C41H46N2O8S2. The number of carbonyl (C=O) groups is 4. The summed E-state index contributed by atoms with van der Waals surface area (Å²) >= 11 is 1.48. The highest BCUT2D eigenvalue weighted by molar-refractivity contribution is 7.89. The zero-order valence-corrected chi connectivity index (χ0v) is 32.5. The van der Waals surface area contributed by atoms with Crippen LogP contribution in [0.4, 0.5) is 5.69 Å². The van der Waals surface area contributed by atoms with Crippen molar-refractivity contribution in [2.24, 2.45) is 0 Å². The molecule has 0 spiro atoms. The predicted molar refractivity (Wildman–Crippen MR) is 205 cm³/mol. The summed E-state index contributed by atoms with van der Waals surface area (Å²) in [6.07, 6.45) is 5.04. The summed E-state index contributed by atoms with van der Waals surface area (Å²) in [5.74, 6) is -1.62. The summed E-state index contributed by atoms with van der Waals surface area (Å²) in [6, 6.07) is 20.9. The lowest BCUT2D eigenvalue weighted by Crippen LogP contribution is -2.53. The van der Waals surface area contributed by atoms with E-state index in [9.17, 15) is 27.6 Å². The van der Waals surface area contributed by atoms with Gasteiger partial charge in [0.05, 0.1) is 29.7 Å². The Morgan fingerprint density at radius 2 is 1.51 bits per heavy atom. The van der Waals surface area contributed by atoms with Crippen LogP contribution in [0, 0.1) is 0 Å². The number of benzene rings is 3. The Morgan fingerprint density at radius 1 is 0.868 bits per heavy atom. The van der Waals surface area contributed by atoms with Crippen LogP contribution in [-0.4, -0.2) is 62.2 Å². The maximum atomic E-state index is 13.9. The number of ether oxygens (including phenoxy) is 2. The van der Waals surface area contributed by atoms with E-state index in [1.807, 2.05) is 36.4 Å². The Kier molecular flexibility index (Phi) is 12.7. The molecule has 4 aromatic rings. The van der Waals surface area contributed by atoms with E-state index in [-0.39, 0.29) is 47.7 Å². The molecule has 1 amide bonds. The fraction of sp³-hybridized carbons (Fsp3) is 0.366. The molecule has 0 fully saturated rings. The van der Waals surface area contributed by atoms with Gasteiger partial charge in [-0.1, -0.05) is 43.3 Å². The Balaban J connectivity index is 1.31. The highest BCUT2D eigenvalue weighted by Gasteiger charge is 2.43. The van der Waals surface area contributed by atoms with Crippen LogP contribution in [0.5, 0.6) is 0 Å². The van der Waals surface area contributed by atoms with Crippen molar-refractivity contribution < 1.29 is 37.1 Å². The molecule has 53 heavy (non-hydrogen) atoms. The summed E-state index contributed by atoms with van der Waals surface area (Å²) in [6.45, 7) is 6.42. The van der Waals surface area contributed by atoms with Gasteiger partial charge in [-0.3, -0.25) is 14.4 Å². The number of likely N-dealkylation sites (N-methyl/N-ethyl adjacent to an activating group) is 1. The van der Waals surface area contributed by atoms with Crippen molar-refractivity contribution in [2.45, 2.75) is 83.1 Å². The molecule has 0 saturated carbocycles. The first-order valence-corrected chi connectivity index (χ1v) is 20.1. The number of nitrogens with zero attached hydrogens (tertiary/aromatic N) is 1. The van der Waals surface area contributed by atoms with E-state index in [0.717, 1.165) is 64.4 Å². The van der Waals surface area contributed by atoms with E-state index < -0.39 is 21.5 Å². The third kappa shape index (κ3) is 8.94. The van der Waals surface area contributed by atoms with Crippen LogP contribution in [0.3, 0.4) is 0 Å². The summed E-state index contributed by atoms with van der Waals surface area (Å²) < 4.78 is 38.6. The number of carbonyl (C=O) groups excluding carboxylic acids is 4. The average molecular weight is 759 g/mol. The van der Waals surface area contributed by atoms with E-state index in [1.165, 1.54) is 50.5 Å². The molecule has 0 unspecified atom stereocenters. The standard InChI is InChI=1S/C41H46N2O8S2/c1-6-43(41(3,4)40(47)51-7-2)53(48,49)32-12-10-11-30(25-32)34(44)26-36-37(33-13-8-9-14-35(33)52-36)38(45)42-31-23-19-28(20-24-31)16-15-27-17-21-29(22-18-27)39(46)50-5/h10-12,17-25H,6-9,13-16,26H2,1-5H3,(H,42,45). The van der Waals surface area contributed by atoms with Gasteiger partial charge in [-0.25, -0.2) is 13.2 Å². The van der Waals surface area contributed by atoms with E-state index in [4.69, 9.17) is 9.47 Å². The third-order valence-corrected chi connectivity index (χ3v) is 12.9. The first kappa shape index (κ1) is 39.6. The van der Waals surface area contributed by atoms with Crippen molar-refractivity contribution in [3.8, 4) is 0 Å². The van der Waals surface area contributed by atoms with E-state index in [1.54, 1.807) is 32.0 Å². The second kappa shape index (κ2) is 17.0. The predicted octanol–water partition coefficient (Wildman–Crippen LogP) is 7.23. The third-order valence-electron chi connectivity index (χ3n) is 9.51. The summed E-state index contributed by atoms with van der Waals surface area (Å²) in [5, 5.41) is 3.04. The Hall–Kier alpha value is -4.65. The average Bonchev–Trinajstić information content (AvgIpc) is 3.52. The molecule has 0 atom stereocenters. The molecule has 0 saturated heterocycles. The van der Waals surface area contributed by atoms with Crippen molar-refractivity contribution >= 4 is 50.7 Å². The minimum Gasteiger partial charge on any atom is -0.465 e. The molecular weight excluding hydrogens is 713 g/mol. The van der Waals surface area contributed by atoms with E-state index in [0.29, 0.717) is 21.7 Å². The van der Waals surface area contributed by atoms with Gasteiger partial charge in [0, 0.05) is 34.0 Å². The summed E-state index contributed by atoms with van der Waals surface area (Å²) in [5.41, 5.74) is 3.56. The summed E-state index contributed by atoms with van der Waals surface area (Å²) in [4.78, 5) is 53.8. The Labute approximate surface area is 315 Å². The largest absolute Gasteiger partial charge is 0.465 e. The fourth-order valence-corrected chi connectivity index (χ4v) is 9.84. The van der Waals surface area contributed by atoms with Crippen LogP contribution < -0.4 is 5.32 Å². The van der Waals surface area contributed by atoms with Crippen LogP contribution in [0.2, 0.25) is 0 Å². The number of ketones is 1. The zero-order valence-electron chi connectivity index (χ0n) is 30.8. The number of aryl methyl sites for hydroxylation is 3. The van der Waals surface area contributed by atoms with Crippen molar-refractivity contribution in [1.82, 2.24) is 4.31 Å². The molecule has 1 N–H and O–H groups in total. The number of rotatable bonds is 15. The molecule has 10 nitrogen and oxygen atoms in total. The van der Waals surface area contributed by atoms with Crippen LogP contribution in [0.25, 0.3) is 0 Å². The number of amides is 1. The van der Waals surface area contributed by atoms with Crippen LogP contribution >= 0.6 is 11.3 Å². The molecule has 3 aromatic carbocycles. The maximum Gasteiger partial charge on any atom is 0.337 e. The van der Waals surface area contributed by atoms with Crippen molar-refractivity contribution in [2.75, 3.05) is 25.6 Å². The number of sulfonamides is 1. The number of nitrogens with one attached hydrogen (secondary N) is 1. The normalized spacial score (nSPS) is 12.9. The number of thiophene rings is 1.